The summed E-state index contributed by atoms with van der Waals surface area (Å²) < 4.78 is 0. The van der Waals surface area contributed by atoms with Gasteiger partial charge in [0.15, 0.2) is 0 Å². The number of rotatable bonds is 2. The van der Waals surface area contributed by atoms with Gasteiger partial charge in [0.1, 0.15) is 11.3 Å². The van der Waals surface area contributed by atoms with Crippen molar-refractivity contribution in [1.29, 1.82) is 0 Å². The van der Waals surface area contributed by atoms with Crippen LogP contribution >= 0.6 is 11.8 Å². The van der Waals surface area contributed by atoms with Crippen LogP contribution in [-0.4, -0.2) is 40.2 Å². The Kier molecular flexibility index (Phi) is 3.70. The van der Waals surface area contributed by atoms with Crippen molar-refractivity contribution in [3.63, 3.8) is 0 Å². The van der Waals surface area contributed by atoms with Gasteiger partial charge in [-0.05, 0) is 36.1 Å². The van der Waals surface area contributed by atoms with Crippen molar-refractivity contribution in [1.82, 2.24) is 4.90 Å². The summed E-state index contributed by atoms with van der Waals surface area (Å²) in [6.45, 7) is 0.565. The third-order valence-electron chi connectivity index (χ3n) is 4.04. The number of carboxylic acids is 1. The Bertz CT molecular complexity index is 546. The van der Waals surface area contributed by atoms with Crippen LogP contribution in [0.2, 0.25) is 0 Å². The molecule has 1 saturated heterocycles. The summed E-state index contributed by atoms with van der Waals surface area (Å²) in [6.07, 6.45) is 2.33. The molecule has 3 rings (SSSR count). The smallest absolute Gasteiger partial charge is 0.326 e. The Morgan fingerprint density at radius 2 is 2.10 bits per heavy atom. The van der Waals surface area contributed by atoms with Gasteiger partial charge in [-0.1, -0.05) is 24.3 Å². The number of hydrogen-bond donors (Lipinski definition) is 1. The lowest BCUT2D eigenvalue weighted by Gasteiger charge is -2.30. The summed E-state index contributed by atoms with van der Waals surface area (Å²) in [5.74, 6) is -0.00378. The van der Waals surface area contributed by atoms with Gasteiger partial charge in [-0.25, -0.2) is 4.79 Å². The van der Waals surface area contributed by atoms with Gasteiger partial charge in [-0.3, -0.25) is 4.79 Å². The minimum absolute atomic E-state index is 0.0351. The zero-order chi connectivity index (χ0) is 14.1. The third kappa shape index (κ3) is 2.30. The number of nitrogens with zero attached hydrogens (tertiary/aromatic N) is 1. The number of benzene rings is 1. The van der Waals surface area contributed by atoms with Crippen LogP contribution in [-0.2, 0) is 16.0 Å². The molecule has 2 atom stereocenters. The number of carbonyl (C=O) groups is 2. The van der Waals surface area contributed by atoms with E-state index in [1.54, 1.807) is 16.7 Å². The second-order valence-corrected chi connectivity index (χ2v) is 6.44. The molecule has 2 heterocycles. The fraction of sp³-hybridized carbons (Fsp3) is 0.467. The van der Waals surface area contributed by atoms with Gasteiger partial charge in [0.05, 0.1) is 0 Å². The van der Waals surface area contributed by atoms with Crippen molar-refractivity contribution in [2.24, 2.45) is 0 Å². The molecule has 1 unspecified atom stereocenters. The molecular weight excluding hydrogens is 274 g/mol. The zero-order valence-corrected chi connectivity index (χ0v) is 11.9. The lowest BCUT2D eigenvalue weighted by atomic mass is 10.0. The summed E-state index contributed by atoms with van der Waals surface area (Å²) in [4.78, 5) is 25.5. The van der Waals surface area contributed by atoms with Crippen molar-refractivity contribution < 1.29 is 14.7 Å². The van der Waals surface area contributed by atoms with Crippen LogP contribution in [0, 0.1) is 0 Å². The predicted octanol–water partition coefficient (Wildman–Crippen LogP) is 2.09. The Morgan fingerprint density at radius 1 is 1.30 bits per heavy atom. The highest BCUT2D eigenvalue weighted by Gasteiger charge is 2.39. The first-order chi connectivity index (χ1) is 9.68. The molecule has 0 radical (unpaired) electrons. The number of likely N-dealkylation sites (tertiary alicyclic amines) is 1. The number of carboxylic acid groups (broad SMARTS) is 1. The molecule has 106 valence electrons. The highest BCUT2D eigenvalue weighted by Crippen LogP contribution is 2.39. The molecule has 0 bridgehead atoms. The lowest BCUT2D eigenvalue weighted by Crippen LogP contribution is -2.42. The summed E-state index contributed by atoms with van der Waals surface area (Å²) in [5, 5.41) is 8.99. The molecule has 2 aliphatic heterocycles. The Hall–Kier alpha value is -1.49. The molecule has 4 nitrogen and oxygen atoms in total. The Morgan fingerprint density at radius 3 is 2.90 bits per heavy atom. The van der Waals surface area contributed by atoms with Crippen LogP contribution in [0.25, 0.3) is 0 Å². The normalized spacial score (nSPS) is 25.3. The van der Waals surface area contributed by atoms with Crippen LogP contribution in [0.4, 0.5) is 0 Å². The number of fused-ring (bicyclic) bond motifs is 1. The van der Waals surface area contributed by atoms with E-state index in [9.17, 15) is 14.7 Å². The topological polar surface area (TPSA) is 57.6 Å². The molecule has 2 aliphatic rings. The quantitative estimate of drug-likeness (QED) is 0.906. The standard InChI is InChI=1S/C15H17NO3S/c17-14(16-8-3-6-12(16)15(18)19)13-11-5-2-1-4-10(11)7-9-20-13/h1-2,4-5,12-13H,3,6-9H2,(H,18,19)/t12-,13?/m0/s1. The maximum absolute atomic E-state index is 12.7. The fourth-order valence-electron chi connectivity index (χ4n) is 3.04. The van der Waals surface area contributed by atoms with Crippen molar-refractivity contribution in [2.75, 3.05) is 12.3 Å². The highest BCUT2D eigenvalue weighted by atomic mass is 32.2. The monoisotopic (exact) mass is 291 g/mol. The molecule has 1 amide bonds. The van der Waals surface area contributed by atoms with E-state index in [0.717, 1.165) is 24.2 Å². The number of aryl methyl sites for hydroxylation is 1. The summed E-state index contributed by atoms with van der Waals surface area (Å²) >= 11 is 1.63. The van der Waals surface area contributed by atoms with Crippen LogP contribution in [0.3, 0.4) is 0 Å². The molecule has 0 saturated carbocycles. The number of thioether (sulfide) groups is 1. The first-order valence-electron chi connectivity index (χ1n) is 6.91. The fourth-order valence-corrected chi connectivity index (χ4v) is 4.30. The molecule has 1 N–H and O–H groups in total. The first kappa shape index (κ1) is 13.5. The maximum atomic E-state index is 12.7. The largest absolute Gasteiger partial charge is 0.480 e. The van der Waals surface area contributed by atoms with Gasteiger partial charge in [0, 0.05) is 6.54 Å². The average molecular weight is 291 g/mol. The Balaban J connectivity index is 1.87. The second kappa shape index (κ2) is 5.48. The van der Waals surface area contributed by atoms with E-state index in [-0.39, 0.29) is 11.2 Å². The molecule has 20 heavy (non-hydrogen) atoms. The van der Waals surface area contributed by atoms with Gasteiger partial charge in [-0.2, -0.15) is 0 Å². The third-order valence-corrected chi connectivity index (χ3v) is 5.27. The summed E-state index contributed by atoms with van der Waals surface area (Å²) in [5.41, 5.74) is 2.28. The molecular formula is C15H17NO3S. The number of aliphatic carboxylic acids is 1. The van der Waals surface area contributed by atoms with E-state index >= 15 is 0 Å². The lowest BCUT2D eigenvalue weighted by molar-refractivity contribution is -0.148. The SMILES string of the molecule is O=C(O)[C@@H]1CCCN1C(=O)C1SCCc2ccccc21. The number of hydrogen-bond acceptors (Lipinski definition) is 3. The molecule has 1 aromatic carbocycles. The van der Waals surface area contributed by atoms with E-state index in [0.29, 0.717) is 13.0 Å². The first-order valence-corrected chi connectivity index (χ1v) is 7.96. The number of amides is 1. The van der Waals surface area contributed by atoms with Gasteiger partial charge < -0.3 is 10.0 Å². The van der Waals surface area contributed by atoms with E-state index in [1.807, 2.05) is 18.2 Å². The van der Waals surface area contributed by atoms with Gasteiger partial charge in [-0.15, -0.1) is 11.8 Å². The number of carbonyl (C=O) groups excluding carboxylic acids is 1. The van der Waals surface area contributed by atoms with Crippen LogP contribution in [0.15, 0.2) is 24.3 Å². The van der Waals surface area contributed by atoms with Crippen molar-refractivity contribution in [3.05, 3.63) is 35.4 Å². The summed E-state index contributed by atoms with van der Waals surface area (Å²) in [7, 11) is 0. The van der Waals surface area contributed by atoms with Gasteiger partial charge in [0.25, 0.3) is 0 Å². The molecule has 1 aromatic rings. The van der Waals surface area contributed by atoms with Crippen LogP contribution in [0.5, 0.6) is 0 Å². The maximum Gasteiger partial charge on any atom is 0.326 e. The second-order valence-electron chi connectivity index (χ2n) is 5.23. The van der Waals surface area contributed by atoms with E-state index < -0.39 is 12.0 Å². The van der Waals surface area contributed by atoms with Crippen LogP contribution < -0.4 is 0 Å². The zero-order valence-electron chi connectivity index (χ0n) is 11.1. The van der Waals surface area contributed by atoms with Gasteiger partial charge >= 0.3 is 5.97 Å². The highest BCUT2D eigenvalue weighted by molar-refractivity contribution is 8.00. The molecule has 0 aromatic heterocycles. The summed E-state index contributed by atoms with van der Waals surface area (Å²) in [6, 6.07) is 7.36. The molecule has 0 spiro atoms. The van der Waals surface area contributed by atoms with Crippen molar-refractivity contribution in [2.45, 2.75) is 30.6 Å². The van der Waals surface area contributed by atoms with Crippen molar-refractivity contribution >= 4 is 23.6 Å². The van der Waals surface area contributed by atoms with E-state index in [2.05, 4.69) is 6.07 Å². The van der Waals surface area contributed by atoms with E-state index in [4.69, 9.17) is 0 Å². The van der Waals surface area contributed by atoms with Gasteiger partial charge in [0.2, 0.25) is 5.91 Å². The molecule has 5 heteroatoms. The minimum atomic E-state index is -0.884. The van der Waals surface area contributed by atoms with Crippen LogP contribution in [0.1, 0.15) is 29.2 Å². The van der Waals surface area contributed by atoms with Crippen molar-refractivity contribution in [3.8, 4) is 0 Å². The molecule has 0 aliphatic carbocycles. The Labute approximate surface area is 122 Å². The molecule has 1 fully saturated rings. The minimum Gasteiger partial charge on any atom is -0.480 e. The average Bonchev–Trinajstić information content (AvgIpc) is 2.95. The van der Waals surface area contributed by atoms with E-state index in [1.165, 1.54) is 5.56 Å². The predicted molar refractivity (Wildman–Crippen MR) is 77.7 cm³/mol.